The maximum atomic E-state index is 12.0. The summed E-state index contributed by atoms with van der Waals surface area (Å²) in [5.74, 6) is -0.0648. The Balaban J connectivity index is 1.94. The SMILES string of the molecule is CC(C)NC(=O)c1ccc(-c2ccc3c(ccc(=O)n3C)c2)cc1. The largest absolute Gasteiger partial charge is 0.350 e. The summed E-state index contributed by atoms with van der Waals surface area (Å²) in [5, 5.41) is 3.89. The molecule has 1 aromatic heterocycles. The van der Waals surface area contributed by atoms with Crippen molar-refractivity contribution >= 4 is 16.8 Å². The lowest BCUT2D eigenvalue weighted by atomic mass is 10.0. The van der Waals surface area contributed by atoms with Crippen LogP contribution in [-0.2, 0) is 7.05 Å². The van der Waals surface area contributed by atoms with Crippen LogP contribution in [0, 0.1) is 0 Å². The van der Waals surface area contributed by atoms with Crippen molar-refractivity contribution in [2.45, 2.75) is 19.9 Å². The van der Waals surface area contributed by atoms with Crippen LogP contribution in [-0.4, -0.2) is 16.5 Å². The van der Waals surface area contributed by atoms with Gasteiger partial charge in [-0.1, -0.05) is 18.2 Å². The molecule has 0 unspecified atom stereocenters. The van der Waals surface area contributed by atoms with Crippen LogP contribution in [0.25, 0.3) is 22.0 Å². The molecule has 0 saturated heterocycles. The van der Waals surface area contributed by atoms with E-state index in [9.17, 15) is 9.59 Å². The van der Waals surface area contributed by atoms with Crippen molar-refractivity contribution < 1.29 is 4.79 Å². The van der Waals surface area contributed by atoms with Crippen molar-refractivity contribution in [1.82, 2.24) is 9.88 Å². The molecule has 0 atom stereocenters. The third-order valence-electron chi connectivity index (χ3n) is 4.03. The van der Waals surface area contributed by atoms with Crippen LogP contribution in [0.1, 0.15) is 24.2 Å². The van der Waals surface area contributed by atoms with Crippen LogP contribution in [0.3, 0.4) is 0 Å². The van der Waals surface area contributed by atoms with E-state index in [1.54, 1.807) is 17.7 Å². The highest BCUT2D eigenvalue weighted by Gasteiger charge is 2.08. The summed E-state index contributed by atoms with van der Waals surface area (Å²) in [5.41, 5.74) is 3.62. The van der Waals surface area contributed by atoms with Crippen LogP contribution in [0.5, 0.6) is 0 Å². The summed E-state index contributed by atoms with van der Waals surface area (Å²) >= 11 is 0. The van der Waals surface area contributed by atoms with Crippen molar-refractivity contribution in [3.05, 3.63) is 70.5 Å². The molecule has 3 aromatic rings. The quantitative estimate of drug-likeness (QED) is 0.804. The number of rotatable bonds is 3. The first-order valence-corrected chi connectivity index (χ1v) is 7.97. The maximum absolute atomic E-state index is 12.0. The second kappa shape index (κ2) is 6.32. The Bertz CT molecular complexity index is 954. The molecule has 0 saturated carbocycles. The monoisotopic (exact) mass is 320 g/mol. The first-order valence-electron chi connectivity index (χ1n) is 7.97. The molecule has 3 rings (SSSR count). The van der Waals surface area contributed by atoms with E-state index in [4.69, 9.17) is 0 Å². The molecule has 24 heavy (non-hydrogen) atoms. The van der Waals surface area contributed by atoms with E-state index in [0.29, 0.717) is 5.56 Å². The fourth-order valence-corrected chi connectivity index (χ4v) is 2.72. The number of nitrogens with one attached hydrogen (secondary N) is 1. The van der Waals surface area contributed by atoms with Gasteiger partial charge in [0.15, 0.2) is 0 Å². The summed E-state index contributed by atoms with van der Waals surface area (Å²) in [6, 6.07) is 17.1. The van der Waals surface area contributed by atoms with Gasteiger partial charge in [0.25, 0.3) is 11.5 Å². The van der Waals surface area contributed by atoms with Gasteiger partial charge in [0.2, 0.25) is 0 Å². The molecule has 2 aromatic carbocycles. The minimum absolute atomic E-state index is 0.0178. The number of aromatic nitrogens is 1. The number of nitrogens with zero attached hydrogens (tertiary/aromatic N) is 1. The normalized spacial score (nSPS) is 11.0. The van der Waals surface area contributed by atoms with E-state index < -0.39 is 0 Å². The van der Waals surface area contributed by atoms with Crippen molar-refractivity contribution in [2.24, 2.45) is 7.05 Å². The Morgan fingerprint density at radius 2 is 1.62 bits per heavy atom. The zero-order chi connectivity index (χ0) is 17.3. The Morgan fingerprint density at radius 3 is 2.29 bits per heavy atom. The average molecular weight is 320 g/mol. The van der Waals surface area contributed by atoms with Gasteiger partial charge in [0, 0.05) is 24.7 Å². The molecule has 0 aliphatic carbocycles. The van der Waals surface area contributed by atoms with E-state index in [2.05, 4.69) is 11.4 Å². The average Bonchev–Trinajstić information content (AvgIpc) is 2.57. The standard InChI is InChI=1S/C20H20N2O2/c1-13(2)21-20(24)15-6-4-14(5-7-15)16-8-10-18-17(12-16)9-11-19(23)22(18)3/h4-13H,1-3H3,(H,21,24). The molecule has 0 bridgehead atoms. The lowest BCUT2D eigenvalue weighted by Gasteiger charge is -2.10. The highest BCUT2D eigenvalue weighted by Crippen LogP contribution is 2.24. The Hall–Kier alpha value is -2.88. The van der Waals surface area contributed by atoms with Gasteiger partial charge in [-0.15, -0.1) is 0 Å². The smallest absolute Gasteiger partial charge is 0.251 e. The molecule has 0 aliphatic heterocycles. The molecule has 122 valence electrons. The fraction of sp³-hybridized carbons (Fsp3) is 0.200. The van der Waals surface area contributed by atoms with Crippen LogP contribution < -0.4 is 10.9 Å². The molecule has 1 N–H and O–H groups in total. The maximum Gasteiger partial charge on any atom is 0.251 e. The molecule has 4 nitrogen and oxygen atoms in total. The number of pyridine rings is 1. The summed E-state index contributed by atoms with van der Waals surface area (Å²) in [4.78, 5) is 23.7. The Morgan fingerprint density at radius 1 is 0.958 bits per heavy atom. The van der Waals surface area contributed by atoms with Crippen LogP contribution in [0.4, 0.5) is 0 Å². The Labute approximate surface area is 140 Å². The highest BCUT2D eigenvalue weighted by atomic mass is 16.1. The first-order chi connectivity index (χ1) is 11.5. The molecule has 0 radical (unpaired) electrons. The van der Waals surface area contributed by atoms with Gasteiger partial charge in [-0.3, -0.25) is 9.59 Å². The fourth-order valence-electron chi connectivity index (χ4n) is 2.72. The lowest BCUT2D eigenvalue weighted by Crippen LogP contribution is -2.29. The number of carbonyl (C=O) groups is 1. The third kappa shape index (κ3) is 3.08. The van der Waals surface area contributed by atoms with Crippen LogP contribution >= 0.6 is 0 Å². The van der Waals surface area contributed by atoms with Crippen LogP contribution in [0.2, 0.25) is 0 Å². The number of aryl methyl sites for hydroxylation is 1. The van der Waals surface area contributed by atoms with Crippen molar-refractivity contribution in [3.8, 4) is 11.1 Å². The molecular formula is C20H20N2O2. The Kier molecular flexibility index (Phi) is 4.21. The molecule has 4 heteroatoms. The molecule has 0 aliphatic rings. The minimum Gasteiger partial charge on any atom is -0.350 e. The number of hydrogen-bond acceptors (Lipinski definition) is 2. The summed E-state index contributed by atoms with van der Waals surface area (Å²) in [7, 11) is 1.77. The summed E-state index contributed by atoms with van der Waals surface area (Å²) in [6.45, 7) is 3.88. The zero-order valence-corrected chi connectivity index (χ0v) is 14.0. The minimum atomic E-state index is -0.0648. The lowest BCUT2D eigenvalue weighted by molar-refractivity contribution is 0.0943. The van der Waals surface area contributed by atoms with E-state index in [0.717, 1.165) is 22.0 Å². The number of hydrogen-bond donors (Lipinski definition) is 1. The highest BCUT2D eigenvalue weighted by molar-refractivity contribution is 5.95. The topological polar surface area (TPSA) is 51.1 Å². The number of amides is 1. The number of fused-ring (bicyclic) bond motifs is 1. The molecule has 0 spiro atoms. The van der Waals surface area contributed by atoms with Crippen molar-refractivity contribution in [1.29, 1.82) is 0 Å². The van der Waals surface area contributed by atoms with Crippen molar-refractivity contribution in [2.75, 3.05) is 0 Å². The number of carbonyl (C=O) groups excluding carboxylic acids is 1. The van der Waals surface area contributed by atoms with Crippen molar-refractivity contribution in [3.63, 3.8) is 0 Å². The van der Waals surface area contributed by atoms with Gasteiger partial charge in [0.05, 0.1) is 5.52 Å². The third-order valence-corrected chi connectivity index (χ3v) is 4.03. The zero-order valence-electron chi connectivity index (χ0n) is 14.0. The first kappa shape index (κ1) is 16.0. The predicted octanol–water partition coefficient (Wildman–Crippen LogP) is 3.34. The van der Waals surface area contributed by atoms with E-state index >= 15 is 0 Å². The molecular weight excluding hydrogens is 300 g/mol. The number of benzene rings is 2. The molecule has 1 heterocycles. The van der Waals surface area contributed by atoms with Gasteiger partial charge < -0.3 is 9.88 Å². The molecule has 0 fully saturated rings. The van der Waals surface area contributed by atoms with Crippen LogP contribution in [0.15, 0.2) is 59.4 Å². The van der Waals surface area contributed by atoms with Gasteiger partial charge >= 0.3 is 0 Å². The van der Waals surface area contributed by atoms with Gasteiger partial charge in [-0.05, 0) is 60.7 Å². The van der Waals surface area contributed by atoms with Gasteiger partial charge in [0.1, 0.15) is 0 Å². The van der Waals surface area contributed by atoms with Gasteiger partial charge in [-0.25, -0.2) is 0 Å². The second-order valence-electron chi connectivity index (χ2n) is 6.21. The summed E-state index contributed by atoms with van der Waals surface area (Å²) in [6.07, 6.45) is 0. The summed E-state index contributed by atoms with van der Waals surface area (Å²) < 4.78 is 1.64. The van der Waals surface area contributed by atoms with E-state index in [1.807, 2.05) is 56.3 Å². The van der Waals surface area contributed by atoms with E-state index in [1.165, 1.54) is 0 Å². The van der Waals surface area contributed by atoms with E-state index in [-0.39, 0.29) is 17.5 Å². The predicted molar refractivity (Wildman–Crippen MR) is 97.2 cm³/mol. The second-order valence-corrected chi connectivity index (χ2v) is 6.21. The molecule has 1 amide bonds. The van der Waals surface area contributed by atoms with Gasteiger partial charge in [-0.2, -0.15) is 0 Å².